The number of nitrogens with one attached hydrogen (secondary N) is 2. The Morgan fingerprint density at radius 3 is 2.56 bits per heavy atom. The van der Waals surface area contributed by atoms with Crippen molar-refractivity contribution < 1.29 is 23.8 Å². The van der Waals surface area contributed by atoms with Crippen LogP contribution in [0.25, 0.3) is 0 Å². The van der Waals surface area contributed by atoms with E-state index in [-0.39, 0.29) is 18.4 Å². The average Bonchev–Trinajstić information content (AvgIpc) is 2.86. The SMILES string of the molecule is CCOc1cc(/C=N/NC(=O)c2cccc(OC)c2)cc(Br)c1OCC(=O)Nc1ccc(C)c(C)c1. The van der Waals surface area contributed by atoms with Crippen molar-refractivity contribution in [3.8, 4) is 17.2 Å². The quantitative estimate of drug-likeness (QED) is 0.264. The predicted molar refractivity (Wildman–Crippen MR) is 143 cm³/mol. The van der Waals surface area contributed by atoms with Crippen LogP contribution in [0.1, 0.15) is 34.0 Å². The van der Waals surface area contributed by atoms with Gasteiger partial charge in [-0.15, -0.1) is 0 Å². The highest BCUT2D eigenvalue weighted by Crippen LogP contribution is 2.36. The summed E-state index contributed by atoms with van der Waals surface area (Å²) in [5.74, 6) is 0.744. The van der Waals surface area contributed by atoms with Crippen molar-refractivity contribution >= 4 is 39.6 Å². The Kier molecular flexibility index (Phi) is 9.46. The fourth-order valence-corrected chi connectivity index (χ4v) is 3.79. The molecule has 3 aromatic carbocycles. The van der Waals surface area contributed by atoms with Crippen LogP contribution in [0.5, 0.6) is 17.2 Å². The molecule has 36 heavy (non-hydrogen) atoms. The van der Waals surface area contributed by atoms with Gasteiger partial charge >= 0.3 is 0 Å². The lowest BCUT2D eigenvalue weighted by Gasteiger charge is -2.15. The Morgan fingerprint density at radius 1 is 1.03 bits per heavy atom. The van der Waals surface area contributed by atoms with Crippen molar-refractivity contribution in [2.45, 2.75) is 20.8 Å². The number of benzene rings is 3. The van der Waals surface area contributed by atoms with E-state index < -0.39 is 0 Å². The van der Waals surface area contributed by atoms with Crippen molar-refractivity contribution in [1.82, 2.24) is 5.43 Å². The second-order valence-electron chi connectivity index (χ2n) is 7.83. The summed E-state index contributed by atoms with van der Waals surface area (Å²) in [6.45, 7) is 6.04. The number of hydrogen-bond donors (Lipinski definition) is 2. The standard InChI is InChI=1S/C27H28BrN3O5/c1-5-35-24-13-19(15-29-31-27(33)20-7-6-8-22(14-20)34-4)12-23(28)26(24)36-16-25(32)30-21-10-9-17(2)18(3)11-21/h6-15H,5,16H2,1-4H3,(H,30,32)(H,31,33)/b29-15+. The van der Waals surface area contributed by atoms with Gasteiger partial charge < -0.3 is 19.5 Å². The molecule has 0 heterocycles. The first kappa shape index (κ1) is 26.7. The molecule has 8 nitrogen and oxygen atoms in total. The van der Waals surface area contributed by atoms with Crippen molar-refractivity contribution in [3.05, 3.63) is 81.3 Å². The highest BCUT2D eigenvalue weighted by Gasteiger charge is 2.14. The number of methoxy groups -OCH3 is 1. The van der Waals surface area contributed by atoms with Crippen LogP contribution in [0.2, 0.25) is 0 Å². The maximum atomic E-state index is 12.4. The molecule has 2 N–H and O–H groups in total. The number of anilines is 1. The van der Waals surface area contributed by atoms with Crippen LogP contribution in [-0.2, 0) is 4.79 Å². The Labute approximate surface area is 218 Å². The Morgan fingerprint density at radius 2 is 1.83 bits per heavy atom. The normalized spacial score (nSPS) is 10.7. The van der Waals surface area contributed by atoms with Gasteiger partial charge in [0, 0.05) is 11.3 Å². The second-order valence-corrected chi connectivity index (χ2v) is 8.68. The van der Waals surface area contributed by atoms with Gasteiger partial charge in [0.05, 0.1) is 24.4 Å². The van der Waals surface area contributed by atoms with Crippen LogP contribution in [0.3, 0.4) is 0 Å². The Balaban J connectivity index is 1.66. The van der Waals surface area contributed by atoms with Crippen molar-refractivity contribution in [2.75, 3.05) is 25.6 Å². The molecule has 9 heteroatoms. The summed E-state index contributed by atoms with van der Waals surface area (Å²) >= 11 is 3.48. The van der Waals surface area contributed by atoms with Crippen LogP contribution in [0, 0.1) is 13.8 Å². The van der Waals surface area contributed by atoms with Gasteiger partial charge in [-0.1, -0.05) is 12.1 Å². The lowest BCUT2D eigenvalue weighted by molar-refractivity contribution is -0.118. The monoisotopic (exact) mass is 553 g/mol. The Bertz CT molecular complexity index is 1280. The number of carbonyl (C=O) groups excluding carboxylic acids is 2. The molecule has 0 aliphatic rings. The number of ether oxygens (including phenoxy) is 3. The summed E-state index contributed by atoms with van der Waals surface area (Å²) < 4.78 is 17.2. The zero-order chi connectivity index (χ0) is 26.1. The van der Waals surface area contributed by atoms with E-state index in [0.29, 0.717) is 45.1 Å². The number of aryl methyl sites for hydroxylation is 2. The number of nitrogens with zero attached hydrogens (tertiary/aromatic N) is 1. The molecule has 0 radical (unpaired) electrons. The number of amides is 2. The number of rotatable bonds is 10. The minimum absolute atomic E-state index is 0.199. The third-order valence-corrected chi connectivity index (χ3v) is 5.77. The van der Waals surface area contributed by atoms with E-state index in [1.807, 2.05) is 39.0 Å². The van der Waals surface area contributed by atoms with Gasteiger partial charge in [0.1, 0.15) is 5.75 Å². The van der Waals surface area contributed by atoms with Gasteiger partial charge in [-0.25, -0.2) is 5.43 Å². The molecule has 0 bridgehead atoms. The summed E-state index contributed by atoms with van der Waals surface area (Å²) in [6, 6.07) is 15.9. The summed E-state index contributed by atoms with van der Waals surface area (Å²) in [5, 5.41) is 6.87. The van der Waals surface area contributed by atoms with Gasteiger partial charge in [-0.05, 0) is 95.9 Å². The highest BCUT2D eigenvalue weighted by molar-refractivity contribution is 9.10. The topological polar surface area (TPSA) is 98.2 Å². The van der Waals surface area contributed by atoms with Gasteiger partial charge in [-0.2, -0.15) is 5.10 Å². The van der Waals surface area contributed by atoms with E-state index in [1.165, 1.54) is 13.3 Å². The van der Waals surface area contributed by atoms with Crippen molar-refractivity contribution in [2.24, 2.45) is 5.10 Å². The lowest BCUT2D eigenvalue weighted by atomic mass is 10.1. The number of hydrogen-bond acceptors (Lipinski definition) is 6. The predicted octanol–water partition coefficient (Wildman–Crippen LogP) is 5.25. The largest absolute Gasteiger partial charge is 0.497 e. The van der Waals surface area contributed by atoms with E-state index >= 15 is 0 Å². The molecular formula is C27H28BrN3O5. The fraction of sp³-hybridized carbons (Fsp3) is 0.222. The molecule has 0 fully saturated rings. The van der Waals surface area contributed by atoms with Gasteiger partial charge in [-0.3, -0.25) is 9.59 Å². The first-order valence-corrected chi connectivity index (χ1v) is 12.0. The lowest BCUT2D eigenvalue weighted by Crippen LogP contribution is -2.20. The van der Waals surface area contributed by atoms with E-state index in [1.54, 1.807) is 36.4 Å². The first-order valence-electron chi connectivity index (χ1n) is 11.2. The van der Waals surface area contributed by atoms with E-state index in [4.69, 9.17) is 14.2 Å². The Hall–Kier alpha value is -3.85. The summed E-state index contributed by atoms with van der Waals surface area (Å²) in [5.41, 5.74) is 6.51. The molecule has 3 aromatic rings. The zero-order valence-corrected chi connectivity index (χ0v) is 22.1. The maximum Gasteiger partial charge on any atom is 0.271 e. The number of halogens is 1. The molecule has 3 rings (SSSR count). The molecule has 0 spiro atoms. The highest BCUT2D eigenvalue weighted by atomic mass is 79.9. The van der Waals surface area contributed by atoms with Gasteiger partial charge in [0.15, 0.2) is 18.1 Å². The van der Waals surface area contributed by atoms with E-state index in [9.17, 15) is 9.59 Å². The molecule has 0 atom stereocenters. The molecule has 0 saturated carbocycles. The summed E-state index contributed by atoms with van der Waals surface area (Å²) in [6.07, 6.45) is 1.49. The zero-order valence-electron chi connectivity index (χ0n) is 20.6. The third kappa shape index (κ3) is 7.32. The van der Waals surface area contributed by atoms with E-state index in [0.717, 1.165) is 11.1 Å². The summed E-state index contributed by atoms with van der Waals surface area (Å²) in [7, 11) is 1.54. The van der Waals surface area contributed by atoms with Crippen LogP contribution < -0.4 is 25.0 Å². The first-order chi connectivity index (χ1) is 17.3. The summed E-state index contributed by atoms with van der Waals surface area (Å²) in [4.78, 5) is 24.8. The van der Waals surface area contributed by atoms with Crippen LogP contribution in [0.15, 0.2) is 64.2 Å². The van der Waals surface area contributed by atoms with Crippen molar-refractivity contribution in [1.29, 1.82) is 0 Å². The van der Waals surface area contributed by atoms with Crippen LogP contribution >= 0.6 is 15.9 Å². The molecule has 188 valence electrons. The molecule has 0 saturated heterocycles. The maximum absolute atomic E-state index is 12.4. The third-order valence-electron chi connectivity index (χ3n) is 5.18. The van der Waals surface area contributed by atoms with E-state index in [2.05, 4.69) is 31.8 Å². The minimum atomic E-state index is -0.371. The van der Waals surface area contributed by atoms with Crippen LogP contribution in [-0.4, -0.2) is 38.4 Å². The molecule has 2 amide bonds. The second kappa shape index (κ2) is 12.7. The molecule has 0 aliphatic carbocycles. The minimum Gasteiger partial charge on any atom is -0.497 e. The smallest absolute Gasteiger partial charge is 0.271 e. The number of carbonyl (C=O) groups is 2. The fourth-order valence-electron chi connectivity index (χ4n) is 3.21. The molecule has 0 aromatic heterocycles. The molecular weight excluding hydrogens is 526 g/mol. The van der Waals surface area contributed by atoms with Crippen molar-refractivity contribution in [3.63, 3.8) is 0 Å². The average molecular weight is 554 g/mol. The molecule has 0 unspecified atom stereocenters. The van der Waals surface area contributed by atoms with Crippen LogP contribution in [0.4, 0.5) is 5.69 Å². The van der Waals surface area contributed by atoms with Gasteiger partial charge in [0.25, 0.3) is 11.8 Å². The number of hydrazone groups is 1. The van der Waals surface area contributed by atoms with Gasteiger partial charge in [0.2, 0.25) is 0 Å². The molecule has 0 aliphatic heterocycles.